The Bertz CT molecular complexity index is 949. The molecule has 63 heavy (non-hydrogen) atoms. The van der Waals surface area contributed by atoms with Crippen molar-refractivity contribution in [1.29, 1.82) is 0 Å². The lowest BCUT2D eigenvalue weighted by molar-refractivity contribution is -0.167. The van der Waals surface area contributed by atoms with Gasteiger partial charge in [-0.3, -0.25) is 14.4 Å². The van der Waals surface area contributed by atoms with Crippen LogP contribution in [0.25, 0.3) is 0 Å². The van der Waals surface area contributed by atoms with Gasteiger partial charge in [0.1, 0.15) is 13.2 Å². The van der Waals surface area contributed by atoms with Crippen molar-refractivity contribution in [3.8, 4) is 0 Å². The topological polar surface area (TPSA) is 78.9 Å². The molecule has 0 aromatic carbocycles. The Balaban J connectivity index is 4.30. The number of ether oxygens (including phenoxy) is 3. The highest BCUT2D eigenvalue weighted by atomic mass is 16.6. The molecule has 0 radical (unpaired) electrons. The van der Waals surface area contributed by atoms with E-state index in [2.05, 4.69) is 27.7 Å². The van der Waals surface area contributed by atoms with Crippen LogP contribution in [0.5, 0.6) is 0 Å². The Hall–Kier alpha value is -1.59. The summed E-state index contributed by atoms with van der Waals surface area (Å²) in [6, 6.07) is 0. The van der Waals surface area contributed by atoms with Crippen LogP contribution in [0.2, 0.25) is 0 Å². The van der Waals surface area contributed by atoms with E-state index >= 15 is 0 Å². The molecule has 0 aliphatic heterocycles. The summed E-state index contributed by atoms with van der Waals surface area (Å²) in [7, 11) is 0. The molecule has 374 valence electrons. The van der Waals surface area contributed by atoms with E-state index in [-0.39, 0.29) is 31.1 Å². The first-order valence-corrected chi connectivity index (χ1v) is 28.4. The van der Waals surface area contributed by atoms with Crippen LogP contribution in [0, 0.1) is 5.92 Å². The minimum Gasteiger partial charge on any atom is -0.462 e. The van der Waals surface area contributed by atoms with E-state index in [9.17, 15) is 14.4 Å². The number of carbonyl (C=O) groups excluding carboxylic acids is 3. The Morgan fingerprint density at radius 2 is 0.524 bits per heavy atom. The first kappa shape index (κ1) is 61.4. The van der Waals surface area contributed by atoms with Crippen LogP contribution in [0.3, 0.4) is 0 Å². The van der Waals surface area contributed by atoms with E-state index < -0.39 is 6.10 Å². The van der Waals surface area contributed by atoms with Crippen LogP contribution in [0.1, 0.15) is 323 Å². The summed E-state index contributed by atoms with van der Waals surface area (Å²) in [4.78, 5) is 38.1. The molecule has 0 aliphatic rings. The van der Waals surface area contributed by atoms with Gasteiger partial charge < -0.3 is 14.2 Å². The fraction of sp³-hybridized carbons (Fsp3) is 0.947. The van der Waals surface area contributed by atoms with E-state index in [0.717, 1.165) is 63.7 Å². The van der Waals surface area contributed by atoms with Gasteiger partial charge in [-0.15, -0.1) is 0 Å². The summed E-state index contributed by atoms with van der Waals surface area (Å²) in [5, 5.41) is 0. The summed E-state index contributed by atoms with van der Waals surface area (Å²) in [6.45, 7) is 9.05. The predicted molar refractivity (Wildman–Crippen MR) is 270 cm³/mol. The molecule has 0 N–H and O–H groups in total. The highest BCUT2D eigenvalue weighted by molar-refractivity contribution is 5.71. The van der Waals surface area contributed by atoms with Crippen molar-refractivity contribution in [3.05, 3.63) is 0 Å². The van der Waals surface area contributed by atoms with Crippen molar-refractivity contribution in [3.63, 3.8) is 0 Å². The number of hydrogen-bond acceptors (Lipinski definition) is 6. The van der Waals surface area contributed by atoms with E-state index in [0.29, 0.717) is 19.3 Å². The maximum atomic E-state index is 12.8. The lowest BCUT2D eigenvalue weighted by atomic mass is 10.0. The highest BCUT2D eigenvalue weighted by Gasteiger charge is 2.19. The largest absolute Gasteiger partial charge is 0.462 e. The molecule has 0 aromatic rings. The van der Waals surface area contributed by atoms with Crippen molar-refractivity contribution in [2.75, 3.05) is 13.2 Å². The lowest BCUT2D eigenvalue weighted by Crippen LogP contribution is -2.30. The summed E-state index contributed by atoms with van der Waals surface area (Å²) in [6.07, 6.45) is 55.2. The number of carbonyl (C=O) groups is 3. The SMILES string of the molecule is CCCCCCCCCCCCCCCCCCCC(=O)O[C@@H](COC(=O)CCCCCCCCCCCCCCCC)COC(=O)CCCCCCCCCCCCCC(C)C. The monoisotopic (exact) mass is 891 g/mol. The second-order valence-corrected chi connectivity index (χ2v) is 20.1. The third-order valence-corrected chi connectivity index (χ3v) is 13.0. The molecule has 0 rings (SSSR count). The van der Waals surface area contributed by atoms with Crippen molar-refractivity contribution in [2.24, 2.45) is 5.92 Å². The molecular weight excluding hydrogens is 781 g/mol. The smallest absolute Gasteiger partial charge is 0.306 e. The molecule has 0 bridgehead atoms. The Morgan fingerprint density at radius 1 is 0.302 bits per heavy atom. The molecule has 0 spiro atoms. The average Bonchev–Trinajstić information content (AvgIpc) is 3.27. The first-order valence-electron chi connectivity index (χ1n) is 28.4. The van der Waals surface area contributed by atoms with Gasteiger partial charge in [0.05, 0.1) is 0 Å². The Kier molecular flexibility index (Phi) is 50.1. The van der Waals surface area contributed by atoms with E-state index in [1.165, 1.54) is 218 Å². The molecule has 1 atom stereocenters. The van der Waals surface area contributed by atoms with Crippen LogP contribution in [0.15, 0.2) is 0 Å². The zero-order valence-corrected chi connectivity index (χ0v) is 43.0. The van der Waals surface area contributed by atoms with Gasteiger partial charge in [0.15, 0.2) is 6.10 Å². The van der Waals surface area contributed by atoms with Gasteiger partial charge >= 0.3 is 17.9 Å². The number of hydrogen-bond donors (Lipinski definition) is 0. The Morgan fingerprint density at radius 3 is 0.778 bits per heavy atom. The van der Waals surface area contributed by atoms with Crippen molar-refractivity contribution in [2.45, 2.75) is 329 Å². The molecule has 0 aliphatic carbocycles. The third-order valence-electron chi connectivity index (χ3n) is 13.0. The van der Waals surface area contributed by atoms with Gasteiger partial charge in [-0.2, -0.15) is 0 Å². The quantitative estimate of drug-likeness (QED) is 0.0344. The van der Waals surface area contributed by atoms with Gasteiger partial charge in [0.2, 0.25) is 0 Å². The molecule has 0 heterocycles. The molecule has 0 unspecified atom stereocenters. The van der Waals surface area contributed by atoms with Gasteiger partial charge in [-0.05, 0) is 25.2 Å². The molecule has 0 saturated heterocycles. The first-order chi connectivity index (χ1) is 30.9. The molecule has 0 saturated carbocycles. The number of esters is 3. The third kappa shape index (κ3) is 51.3. The molecule has 0 aromatic heterocycles. The van der Waals surface area contributed by atoms with Crippen molar-refractivity contribution in [1.82, 2.24) is 0 Å². The van der Waals surface area contributed by atoms with Gasteiger partial charge in [0.25, 0.3) is 0 Å². The average molecular weight is 892 g/mol. The minimum absolute atomic E-state index is 0.0621. The highest BCUT2D eigenvalue weighted by Crippen LogP contribution is 2.18. The number of unbranched alkanes of at least 4 members (excludes halogenated alkanes) is 39. The fourth-order valence-electron chi connectivity index (χ4n) is 8.75. The maximum Gasteiger partial charge on any atom is 0.306 e. The van der Waals surface area contributed by atoms with E-state index in [1.54, 1.807) is 0 Å². The molecule has 0 fully saturated rings. The van der Waals surface area contributed by atoms with Crippen LogP contribution in [0.4, 0.5) is 0 Å². The molecule has 6 heteroatoms. The minimum atomic E-state index is -0.761. The standard InChI is InChI=1S/C57H110O6/c1-5-7-9-11-13-15-17-19-21-22-23-25-29-34-38-42-46-50-57(60)63-54(51-61-55(58)48-44-40-36-32-28-24-20-18-16-14-12-10-8-6-2)52-62-56(59)49-45-41-37-33-30-26-27-31-35-39-43-47-53(3)4/h53-54H,5-52H2,1-4H3/t54-/m0/s1. The maximum absolute atomic E-state index is 12.8. The van der Waals surface area contributed by atoms with E-state index in [4.69, 9.17) is 14.2 Å². The van der Waals surface area contributed by atoms with E-state index in [1.807, 2.05) is 0 Å². The van der Waals surface area contributed by atoms with Crippen LogP contribution >= 0.6 is 0 Å². The second kappa shape index (κ2) is 51.4. The van der Waals surface area contributed by atoms with Gasteiger partial charge in [-0.25, -0.2) is 0 Å². The molecule has 6 nitrogen and oxygen atoms in total. The van der Waals surface area contributed by atoms with Gasteiger partial charge in [0, 0.05) is 19.3 Å². The van der Waals surface area contributed by atoms with Crippen LogP contribution in [-0.4, -0.2) is 37.2 Å². The second-order valence-electron chi connectivity index (χ2n) is 20.1. The zero-order valence-electron chi connectivity index (χ0n) is 43.0. The molecule has 0 amide bonds. The Labute approximate surface area is 393 Å². The summed E-state index contributed by atoms with van der Waals surface area (Å²) in [5.74, 6) is -0.0101. The normalized spacial score (nSPS) is 12.0. The van der Waals surface area contributed by atoms with Gasteiger partial charge in [-0.1, -0.05) is 285 Å². The predicted octanol–water partition coefficient (Wildman–Crippen LogP) is 18.6. The van der Waals surface area contributed by atoms with Crippen molar-refractivity contribution < 1.29 is 28.6 Å². The number of rotatable bonds is 52. The zero-order chi connectivity index (χ0) is 45.9. The summed E-state index contributed by atoms with van der Waals surface area (Å²) >= 11 is 0. The molecular formula is C57H110O6. The fourth-order valence-corrected chi connectivity index (χ4v) is 8.75. The van der Waals surface area contributed by atoms with Crippen molar-refractivity contribution >= 4 is 17.9 Å². The van der Waals surface area contributed by atoms with Crippen LogP contribution < -0.4 is 0 Å². The van der Waals surface area contributed by atoms with Crippen LogP contribution in [-0.2, 0) is 28.6 Å². The summed E-state index contributed by atoms with van der Waals surface area (Å²) < 4.78 is 16.9. The lowest BCUT2D eigenvalue weighted by Gasteiger charge is -2.18. The summed E-state index contributed by atoms with van der Waals surface area (Å²) in [5.41, 5.74) is 0.